The highest BCUT2D eigenvalue weighted by atomic mass is 16.1. The van der Waals surface area contributed by atoms with Gasteiger partial charge in [0.25, 0.3) is 5.56 Å². The topological polar surface area (TPSA) is 57.8 Å². The van der Waals surface area contributed by atoms with Crippen molar-refractivity contribution in [3.8, 4) is 0 Å². The molecule has 1 saturated carbocycles. The third kappa shape index (κ3) is 3.48. The zero-order chi connectivity index (χ0) is 14.7. The maximum Gasteiger partial charge on any atom is 0.255 e. The Morgan fingerprint density at radius 3 is 2.45 bits per heavy atom. The molecule has 1 aromatic heterocycles. The third-order valence-electron chi connectivity index (χ3n) is 4.57. The summed E-state index contributed by atoms with van der Waals surface area (Å²) in [4.78, 5) is 19.3. The maximum absolute atomic E-state index is 12.1. The molecular weight excluding hydrogens is 250 g/mol. The Hall–Kier alpha value is -1.16. The van der Waals surface area contributed by atoms with E-state index in [1.807, 2.05) is 13.8 Å². The average molecular weight is 277 g/mol. The van der Waals surface area contributed by atoms with E-state index in [4.69, 9.17) is 0 Å². The van der Waals surface area contributed by atoms with Gasteiger partial charge in [0.2, 0.25) is 0 Å². The van der Waals surface area contributed by atoms with Gasteiger partial charge in [0.05, 0.1) is 5.56 Å². The van der Waals surface area contributed by atoms with Crippen LogP contribution in [0.4, 0.5) is 0 Å². The lowest BCUT2D eigenvalue weighted by Gasteiger charge is -2.30. The van der Waals surface area contributed by atoms with Gasteiger partial charge in [-0.1, -0.05) is 19.3 Å². The van der Waals surface area contributed by atoms with Gasteiger partial charge in [-0.3, -0.25) is 4.79 Å². The highest BCUT2D eigenvalue weighted by Gasteiger charge is 2.23. The van der Waals surface area contributed by atoms with E-state index in [1.165, 1.54) is 32.1 Å². The summed E-state index contributed by atoms with van der Waals surface area (Å²) in [6, 6.07) is 0.495. The zero-order valence-electron chi connectivity index (χ0n) is 13.1. The molecule has 0 saturated heterocycles. The molecule has 1 unspecified atom stereocenters. The quantitative estimate of drug-likeness (QED) is 0.889. The van der Waals surface area contributed by atoms with Crippen LogP contribution in [0.2, 0.25) is 0 Å². The molecule has 1 heterocycles. The summed E-state index contributed by atoms with van der Waals surface area (Å²) in [5, 5.41) is 3.61. The van der Waals surface area contributed by atoms with Gasteiger partial charge in [0, 0.05) is 17.8 Å². The van der Waals surface area contributed by atoms with Crippen LogP contribution in [0.5, 0.6) is 0 Å². The summed E-state index contributed by atoms with van der Waals surface area (Å²) in [6.45, 7) is 8.05. The number of H-pyrrole nitrogens is 1. The van der Waals surface area contributed by atoms with Crippen LogP contribution in [-0.2, 0) is 0 Å². The molecule has 20 heavy (non-hydrogen) atoms. The molecule has 0 bridgehead atoms. The molecule has 1 aliphatic rings. The number of aromatic amines is 1. The lowest BCUT2D eigenvalue weighted by atomic mass is 9.84. The predicted octanol–water partition coefficient (Wildman–Crippen LogP) is 3.01. The summed E-state index contributed by atoms with van der Waals surface area (Å²) in [7, 11) is 0. The second-order valence-electron chi connectivity index (χ2n) is 6.23. The van der Waals surface area contributed by atoms with Gasteiger partial charge in [-0.2, -0.15) is 0 Å². The van der Waals surface area contributed by atoms with E-state index >= 15 is 0 Å². The highest BCUT2D eigenvalue weighted by Crippen LogP contribution is 2.27. The smallest absolute Gasteiger partial charge is 0.255 e. The number of nitrogens with one attached hydrogen (secondary N) is 2. The van der Waals surface area contributed by atoms with Gasteiger partial charge in [-0.25, -0.2) is 4.98 Å². The van der Waals surface area contributed by atoms with Gasteiger partial charge in [-0.05, 0) is 46.5 Å². The van der Waals surface area contributed by atoms with Gasteiger partial charge in [0.1, 0.15) is 5.82 Å². The van der Waals surface area contributed by atoms with Gasteiger partial charge in [0.15, 0.2) is 0 Å². The Morgan fingerprint density at radius 1 is 1.20 bits per heavy atom. The molecule has 2 rings (SSSR count). The lowest BCUT2D eigenvalue weighted by molar-refractivity contribution is 0.267. The number of nitrogens with zero attached hydrogens (tertiary/aromatic N) is 1. The Labute approximate surface area is 121 Å². The molecular formula is C16H27N3O. The van der Waals surface area contributed by atoms with E-state index in [9.17, 15) is 4.79 Å². The molecule has 2 atom stereocenters. The summed E-state index contributed by atoms with van der Waals surface area (Å²) in [5.74, 6) is 1.42. The van der Waals surface area contributed by atoms with Gasteiger partial charge >= 0.3 is 0 Å². The monoisotopic (exact) mass is 277 g/mol. The van der Waals surface area contributed by atoms with Gasteiger partial charge < -0.3 is 10.3 Å². The van der Waals surface area contributed by atoms with Crippen molar-refractivity contribution in [1.29, 1.82) is 0 Å². The second-order valence-corrected chi connectivity index (χ2v) is 6.23. The van der Waals surface area contributed by atoms with Crippen molar-refractivity contribution in [3.63, 3.8) is 0 Å². The largest absolute Gasteiger partial charge is 0.310 e. The fraction of sp³-hybridized carbons (Fsp3) is 0.750. The summed E-state index contributed by atoms with van der Waals surface area (Å²) >= 11 is 0. The Balaban J connectivity index is 2.08. The van der Waals surface area contributed by atoms with E-state index in [1.54, 1.807) is 0 Å². The van der Waals surface area contributed by atoms with Crippen LogP contribution < -0.4 is 10.9 Å². The first kappa shape index (κ1) is 15.2. The van der Waals surface area contributed by atoms with Crippen molar-refractivity contribution in [1.82, 2.24) is 15.3 Å². The molecule has 112 valence electrons. The molecule has 2 N–H and O–H groups in total. The predicted molar refractivity (Wildman–Crippen MR) is 81.9 cm³/mol. The Bertz CT molecular complexity index is 503. The van der Waals surface area contributed by atoms with Crippen LogP contribution in [0.3, 0.4) is 0 Å². The first-order valence-electron chi connectivity index (χ1n) is 7.82. The minimum atomic E-state index is -0.00848. The van der Waals surface area contributed by atoms with Crippen LogP contribution in [0.1, 0.15) is 69.1 Å². The maximum atomic E-state index is 12.1. The van der Waals surface area contributed by atoms with Crippen LogP contribution >= 0.6 is 0 Å². The van der Waals surface area contributed by atoms with Crippen molar-refractivity contribution in [3.05, 3.63) is 27.4 Å². The molecule has 4 heteroatoms. The summed E-state index contributed by atoms with van der Waals surface area (Å²) < 4.78 is 0. The van der Waals surface area contributed by atoms with E-state index in [0.29, 0.717) is 11.9 Å². The van der Waals surface area contributed by atoms with E-state index in [-0.39, 0.29) is 11.6 Å². The van der Waals surface area contributed by atoms with Crippen molar-refractivity contribution in [2.24, 2.45) is 5.92 Å². The van der Waals surface area contributed by atoms with Crippen molar-refractivity contribution < 1.29 is 0 Å². The molecule has 1 aliphatic carbocycles. The van der Waals surface area contributed by atoms with Crippen molar-refractivity contribution in [2.45, 2.75) is 71.9 Å². The van der Waals surface area contributed by atoms with Crippen LogP contribution in [0, 0.1) is 19.8 Å². The number of aromatic nitrogens is 2. The molecule has 4 nitrogen and oxygen atoms in total. The lowest BCUT2D eigenvalue weighted by Crippen LogP contribution is -2.38. The summed E-state index contributed by atoms with van der Waals surface area (Å²) in [5.41, 5.74) is 1.60. The standard InChI is InChI=1S/C16H27N3O/c1-10(14-8-6-5-7-9-14)17-11(2)15-12(3)18-13(4)19-16(15)20/h10-11,14,17H,5-9H2,1-4H3,(H,18,19,20)/t10-,11?/m1/s1. The average Bonchev–Trinajstić information content (AvgIpc) is 2.38. The number of rotatable bonds is 4. The Morgan fingerprint density at radius 2 is 1.85 bits per heavy atom. The molecule has 1 fully saturated rings. The molecule has 0 aliphatic heterocycles. The fourth-order valence-electron chi connectivity index (χ4n) is 3.49. The minimum absolute atomic E-state index is 0.00848. The van der Waals surface area contributed by atoms with Crippen molar-refractivity contribution in [2.75, 3.05) is 0 Å². The van der Waals surface area contributed by atoms with Crippen LogP contribution in [0.25, 0.3) is 0 Å². The minimum Gasteiger partial charge on any atom is -0.310 e. The highest BCUT2D eigenvalue weighted by molar-refractivity contribution is 5.20. The SMILES string of the molecule is Cc1nc(C)c(C(C)N[C@H](C)C2CCCCC2)c(=O)[nH]1. The van der Waals surface area contributed by atoms with E-state index in [0.717, 1.165) is 17.2 Å². The Kier molecular flexibility index (Phi) is 4.97. The normalized spacial score (nSPS) is 19.8. The van der Waals surface area contributed by atoms with Crippen molar-refractivity contribution >= 4 is 0 Å². The van der Waals surface area contributed by atoms with Crippen LogP contribution in [0.15, 0.2) is 4.79 Å². The second kappa shape index (κ2) is 6.53. The number of hydrogen-bond donors (Lipinski definition) is 2. The van der Waals surface area contributed by atoms with Crippen LogP contribution in [-0.4, -0.2) is 16.0 Å². The fourth-order valence-corrected chi connectivity index (χ4v) is 3.49. The zero-order valence-corrected chi connectivity index (χ0v) is 13.1. The van der Waals surface area contributed by atoms with E-state index < -0.39 is 0 Å². The van der Waals surface area contributed by atoms with Gasteiger partial charge in [-0.15, -0.1) is 0 Å². The molecule has 0 amide bonds. The molecule has 0 aromatic carbocycles. The van der Waals surface area contributed by atoms with E-state index in [2.05, 4.69) is 29.1 Å². The third-order valence-corrected chi connectivity index (χ3v) is 4.57. The number of aryl methyl sites for hydroxylation is 2. The molecule has 1 aromatic rings. The number of hydrogen-bond acceptors (Lipinski definition) is 3. The molecule has 0 spiro atoms. The first-order chi connectivity index (χ1) is 9.49. The molecule has 0 radical (unpaired) electrons. The summed E-state index contributed by atoms with van der Waals surface area (Å²) in [6.07, 6.45) is 6.68. The first-order valence-corrected chi connectivity index (χ1v) is 7.82.